The van der Waals surface area contributed by atoms with Crippen LogP contribution in [0.25, 0.3) is 0 Å². The Balaban J connectivity index is 2.49. The highest BCUT2D eigenvalue weighted by Crippen LogP contribution is 2.27. The van der Waals surface area contributed by atoms with Gasteiger partial charge in [-0.05, 0) is 25.5 Å². The van der Waals surface area contributed by atoms with E-state index in [1.54, 1.807) is 12.4 Å². The maximum absolute atomic E-state index is 5.73. The Labute approximate surface area is 107 Å². The molecule has 0 amide bonds. The van der Waals surface area contributed by atoms with Gasteiger partial charge in [-0.3, -0.25) is 4.98 Å². The van der Waals surface area contributed by atoms with Crippen LogP contribution in [0.15, 0.2) is 36.7 Å². The van der Waals surface area contributed by atoms with Gasteiger partial charge in [0.25, 0.3) is 0 Å². The number of benzene rings is 1. The van der Waals surface area contributed by atoms with Crippen molar-refractivity contribution in [3.63, 3.8) is 0 Å². The van der Waals surface area contributed by atoms with E-state index in [4.69, 9.17) is 5.73 Å². The Hall–Kier alpha value is -1.94. The second-order valence-electron chi connectivity index (χ2n) is 4.06. The van der Waals surface area contributed by atoms with Crippen LogP contribution in [0, 0.1) is 6.92 Å². The first-order chi connectivity index (χ1) is 8.77. The van der Waals surface area contributed by atoms with E-state index in [0.29, 0.717) is 6.54 Å². The smallest absolute Gasteiger partial charge is 0.156 e. The van der Waals surface area contributed by atoms with Crippen LogP contribution in [0.1, 0.15) is 18.2 Å². The van der Waals surface area contributed by atoms with E-state index in [2.05, 4.69) is 40.8 Å². The molecule has 0 radical (unpaired) electrons. The van der Waals surface area contributed by atoms with Gasteiger partial charge in [0, 0.05) is 31.2 Å². The van der Waals surface area contributed by atoms with Crippen LogP contribution < -0.4 is 10.6 Å². The van der Waals surface area contributed by atoms with Crippen LogP contribution in [0.5, 0.6) is 0 Å². The van der Waals surface area contributed by atoms with Gasteiger partial charge in [-0.15, -0.1) is 0 Å². The zero-order valence-corrected chi connectivity index (χ0v) is 10.8. The third kappa shape index (κ3) is 2.33. The highest BCUT2D eigenvalue weighted by Gasteiger charge is 2.14. The summed E-state index contributed by atoms with van der Waals surface area (Å²) >= 11 is 0. The highest BCUT2D eigenvalue weighted by molar-refractivity contribution is 5.64. The number of rotatable bonds is 4. The molecule has 0 saturated heterocycles. The minimum atomic E-state index is 0.394. The van der Waals surface area contributed by atoms with Crippen LogP contribution in [0.2, 0.25) is 0 Å². The third-order valence-electron chi connectivity index (χ3n) is 2.92. The molecule has 0 atom stereocenters. The summed E-state index contributed by atoms with van der Waals surface area (Å²) in [5, 5.41) is 0. The first-order valence-corrected chi connectivity index (χ1v) is 6.11. The normalized spacial score (nSPS) is 10.4. The monoisotopic (exact) mass is 242 g/mol. The Morgan fingerprint density at radius 1 is 1.17 bits per heavy atom. The van der Waals surface area contributed by atoms with Crippen molar-refractivity contribution in [1.29, 1.82) is 0 Å². The lowest BCUT2D eigenvalue weighted by Gasteiger charge is -2.25. The van der Waals surface area contributed by atoms with Gasteiger partial charge in [-0.2, -0.15) is 0 Å². The first kappa shape index (κ1) is 12.5. The number of hydrogen-bond acceptors (Lipinski definition) is 4. The van der Waals surface area contributed by atoms with Gasteiger partial charge >= 0.3 is 0 Å². The number of nitrogens with two attached hydrogens (primary N) is 1. The average Bonchev–Trinajstić information content (AvgIpc) is 2.42. The first-order valence-electron chi connectivity index (χ1n) is 6.11. The molecule has 0 bridgehead atoms. The Bertz CT molecular complexity index is 525. The molecule has 0 saturated carbocycles. The molecule has 1 heterocycles. The number of aromatic nitrogens is 2. The Kier molecular flexibility index (Phi) is 3.89. The lowest BCUT2D eigenvalue weighted by molar-refractivity contribution is 0.903. The molecule has 2 aromatic rings. The largest absolute Gasteiger partial charge is 0.325 e. The van der Waals surface area contributed by atoms with E-state index in [0.717, 1.165) is 23.7 Å². The summed E-state index contributed by atoms with van der Waals surface area (Å²) < 4.78 is 0. The van der Waals surface area contributed by atoms with Crippen LogP contribution in [-0.2, 0) is 6.54 Å². The van der Waals surface area contributed by atoms with Crippen LogP contribution in [0.4, 0.5) is 11.5 Å². The van der Waals surface area contributed by atoms with Crippen LogP contribution >= 0.6 is 0 Å². The fraction of sp³-hybridized carbons (Fsp3) is 0.286. The second kappa shape index (κ2) is 5.60. The van der Waals surface area contributed by atoms with Gasteiger partial charge in [0.1, 0.15) is 0 Å². The number of aryl methyl sites for hydroxylation is 1. The van der Waals surface area contributed by atoms with Gasteiger partial charge in [0.15, 0.2) is 5.82 Å². The Morgan fingerprint density at radius 2 is 1.89 bits per heavy atom. The van der Waals surface area contributed by atoms with Crippen molar-refractivity contribution in [2.24, 2.45) is 5.73 Å². The van der Waals surface area contributed by atoms with Gasteiger partial charge in [0.2, 0.25) is 0 Å². The van der Waals surface area contributed by atoms with E-state index in [9.17, 15) is 0 Å². The molecule has 0 spiro atoms. The van der Waals surface area contributed by atoms with Gasteiger partial charge in [-0.25, -0.2) is 4.98 Å². The molecular weight excluding hydrogens is 224 g/mol. The molecular formula is C14H18N4. The Morgan fingerprint density at radius 3 is 2.56 bits per heavy atom. The quantitative estimate of drug-likeness (QED) is 0.894. The molecule has 2 N–H and O–H groups in total. The summed E-state index contributed by atoms with van der Waals surface area (Å²) in [6, 6.07) is 8.25. The maximum Gasteiger partial charge on any atom is 0.156 e. The molecule has 94 valence electrons. The summed E-state index contributed by atoms with van der Waals surface area (Å²) in [5.74, 6) is 0.844. The van der Waals surface area contributed by atoms with Gasteiger partial charge in [-0.1, -0.05) is 18.2 Å². The third-order valence-corrected chi connectivity index (χ3v) is 2.92. The summed E-state index contributed by atoms with van der Waals surface area (Å²) in [4.78, 5) is 10.9. The molecule has 1 aromatic carbocycles. The molecule has 4 heteroatoms. The van der Waals surface area contributed by atoms with Crippen molar-refractivity contribution in [3.05, 3.63) is 47.9 Å². The molecule has 4 nitrogen and oxygen atoms in total. The van der Waals surface area contributed by atoms with Crippen molar-refractivity contribution in [2.45, 2.75) is 20.4 Å². The lowest BCUT2D eigenvalue weighted by atomic mass is 10.1. The molecule has 0 unspecified atom stereocenters. The van der Waals surface area contributed by atoms with Crippen molar-refractivity contribution in [2.75, 3.05) is 11.4 Å². The molecule has 0 aliphatic carbocycles. The predicted molar refractivity (Wildman–Crippen MR) is 73.8 cm³/mol. The fourth-order valence-corrected chi connectivity index (χ4v) is 2.03. The standard InChI is InChI=1S/C14H18N4/c1-3-18(13-7-5-4-6-11(13)2)14-12(10-15)16-8-9-17-14/h4-9H,3,10,15H2,1-2H3. The predicted octanol–water partition coefficient (Wildman–Crippen LogP) is 2.40. The van der Waals surface area contributed by atoms with Crippen LogP contribution in [-0.4, -0.2) is 16.5 Å². The summed E-state index contributed by atoms with van der Waals surface area (Å²) in [6.45, 7) is 5.42. The van der Waals surface area contributed by atoms with Crippen molar-refractivity contribution in [1.82, 2.24) is 9.97 Å². The zero-order valence-electron chi connectivity index (χ0n) is 10.8. The maximum atomic E-state index is 5.73. The minimum absolute atomic E-state index is 0.394. The fourth-order valence-electron chi connectivity index (χ4n) is 2.03. The van der Waals surface area contributed by atoms with Gasteiger partial charge < -0.3 is 10.6 Å². The van der Waals surface area contributed by atoms with Crippen molar-refractivity contribution < 1.29 is 0 Å². The minimum Gasteiger partial charge on any atom is -0.325 e. The van der Waals surface area contributed by atoms with E-state index >= 15 is 0 Å². The molecule has 0 aliphatic rings. The summed E-state index contributed by atoms with van der Waals surface area (Å²) in [7, 11) is 0. The molecule has 2 rings (SSSR count). The average molecular weight is 242 g/mol. The molecule has 1 aromatic heterocycles. The molecule has 0 aliphatic heterocycles. The number of nitrogens with zero attached hydrogens (tertiary/aromatic N) is 3. The van der Waals surface area contributed by atoms with E-state index in [-0.39, 0.29) is 0 Å². The van der Waals surface area contributed by atoms with E-state index < -0.39 is 0 Å². The SMILES string of the molecule is CCN(c1ccccc1C)c1nccnc1CN. The highest BCUT2D eigenvalue weighted by atomic mass is 15.2. The number of anilines is 2. The van der Waals surface area contributed by atoms with Crippen LogP contribution in [0.3, 0.4) is 0 Å². The van der Waals surface area contributed by atoms with Crippen molar-refractivity contribution >= 4 is 11.5 Å². The van der Waals surface area contributed by atoms with Crippen molar-refractivity contribution in [3.8, 4) is 0 Å². The number of para-hydroxylation sites is 1. The number of hydrogen-bond donors (Lipinski definition) is 1. The molecule has 0 fully saturated rings. The molecule has 18 heavy (non-hydrogen) atoms. The lowest BCUT2D eigenvalue weighted by Crippen LogP contribution is -2.21. The summed E-state index contributed by atoms with van der Waals surface area (Å²) in [5.41, 5.74) is 8.92. The topological polar surface area (TPSA) is 55.0 Å². The van der Waals surface area contributed by atoms with E-state index in [1.807, 2.05) is 12.1 Å². The zero-order chi connectivity index (χ0) is 13.0. The summed E-state index contributed by atoms with van der Waals surface area (Å²) in [6.07, 6.45) is 3.38. The second-order valence-corrected chi connectivity index (χ2v) is 4.06. The van der Waals surface area contributed by atoms with Gasteiger partial charge in [0.05, 0.1) is 5.69 Å². The van der Waals surface area contributed by atoms with E-state index in [1.165, 1.54) is 5.56 Å².